The quantitative estimate of drug-likeness (QED) is 0.109. The van der Waals surface area contributed by atoms with E-state index < -0.39 is 35.0 Å². The number of rotatable bonds is 9. The summed E-state index contributed by atoms with van der Waals surface area (Å²) in [5.74, 6) is -0.613. The van der Waals surface area contributed by atoms with Crippen LogP contribution in [-0.2, 0) is 23.6 Å². The maximum atomic E-state index is 13.0. The van der Waals surface area contributed by atoms with Crippen molar-refractivity contribution in [3.05, 3.63) is 94.5 Å². The lowest BCUT2D eigenvalue weighted by atomic mass is 10.0. The van der Waals surface area contributed by atoms with E-state index >= 15 is 0 Å². The van der Waals surface area contributed by atoms with Gasteiger partial charge in [-0.3, -0.25) is 10.7 Å². The molecule has 0 aliphatic heterocycles. The van der Waals surface area contributed by atoms with E-state index in [4.69, 9.17) is 10.1 Å². The van der Waals surface area contributed by atoms with Gasteiger partial charge >= 0.3 is 18.3 Å². The van der Waals surface area contributed by atoms with Gasteiger partial charge in [0.1, 0.15) is 11.4 Å². The van der Waals surface area contributed by atoms with Crippen molar-refractivity contribution in [1.29, 1.82) is 5.41 Å². The molecule has 0 atom stereocenters. The van der Waals surface area contributed by atoms with Gasteiger partial charge < -0.3 is 9.84 Å². The molecule has 42 heavy (non-hydrogen) atoms. The van der Waals surface area contributed by atoms with Crippen molar-refractivity contribution in [2.45, 2.75) is 58.0 Å². The molecule has 3 aromatic carbocycles. The van der Waals surface area contributed by atoms with E-state index in [1.54, 1.807) is 19.1 Å². The summed E-state index contributed by atoms with van der Waals surface area (Å²) in [7, 11) is 0. The average Bonchev–Trinajstić information content (AvgIpc) is 2.89. The molecule has 3 aromatic rings. The number of alkyl halides is 6. The summed E-state index contributed by atoms with van der Waals surface area (Å²) in [6.45, 7) is 4.67. The number of aliphatic carboxylic acids is 1. The fourth-order valence-corrected chi connectivity index (χ4v) is 3.92. The smallest absolute Gasteiger partial charge is 0.416 e. The predicted molar refractivity (Wildman–Crippen MR) is 145 cm³/mol. The number of hydrogen-bond acceptors (Lipinski definition) is 3. The van der Waals surface area contributed by atoms with Crippen LogP contribution in [-0.4, -0.2) is 28.3 Å². The molecule has 0 aliphatic rings. The topological polar surface area (TPSA) is 99.4 Å². The van der Waals surface area contributed by atoms with E-state index in [9.17, 15) is 36.2 Å². The Hall–Kier alpha value is -4.19. The van der Waals surface area contributed by atoms with Crippen LogP contribution in [0.4, 0.5) is 32.0 Å². The SMILES string of the molecule is Cc1cc(CCCC(=NC(=N)c2ccc(C(F)(F)F)cc2)[NH2+]c2ccc(C(F)(F)F)cc2)ccc1OC(C)(C)C(=O)O. The summed E-state index contributed by atoms with van der Waals surface area (Å²) in [5, 5.41) is 19.2. The molecule has 0 amide bonds. The molecule has 0 unspecified atom stereocenters. The minimum absolute atomic E-state index is 0.150. The highest BCUT2D eigenvalue weighted by Gasteiger charge is 2.31. The first-order valence-electron chi connectivity index (χ1n) is 12.8. The number of ether oxygens (including phenoxy) is 1. The van der Waals surface area contributed by atoms with Gasteiger partial charge in [-0.2, -0.15) is 31.3 Å². The molecule has 0 fully saturated rings. The summed E-state index contributed by atoms with van der Waals surface area (Å²) < 4.78 is 83.3. The molecule has 6 nitrogen and oxygen atoms in total. The van der Waals surface area contributed by atoms with Gasteiger partial charge in [0.2, 0.25) is 5.84 Å². The minimum Gasteiger partial charge on any atom is -0.478 e. The number of carbonyl (C=O) groups is 1. The monoisotopic (exact) mass is 594 g/mol. The summed E-state index contributed by atoms with van der Waals surface area (Å²) in [6.07, 6.45) is -7.64. The number of halogens is 6. The van der Waals surface area contributed by atoms with Crippen LogP contribution in [0.5, 0.6) is 5.75 Å². The Morgan fingerprint density at radius 2 is 1.45 bits per heavy atom. The molecule has 0 aromatic heterocycles. The Balaban J connectivity index is 1.77. The van der Waals surface area contributed by atoms with Crippen molar-refractivity contribution in [3.63, 3.8) is 0 Å². The molecule has 0 heterocycles. The Morgan fingerprint density at radius 1 is 0.905 bits per heavy atom. The number of nitrogens with one attached hydrogen (secondary N) is 1. The van der Waals surface area contributed by atoms with Gasteiger partial charge in [0.05, 0.1) is 11.1 Å². The molecule has 224 valence electrons. The number of carboxylic acid groups (broad SMARTS) is 1. The van der Waals surface area contributed by atoms with Gasteiger partial charge in [0.15, 0.2) is 11.4 Å². The van der Waals surface area contributed by atoms with Crippen molar-refractivity contribution in [1.82, 2.24) is 0 Å². The van der Waals surface area contributed by atoms with Crippen LogP contribution in [0, 0.1) is 12.3 Å². The lowest BCUT2D eigenvalue weighted by Gasteiger charge is -2.23. The van der Waals surface area contributed by atoms with Crippen LogP contribution < -0.4 is 10.1 Å². The van der Waals surface area contributed by atoms with E-state index in [1.165, 1.54) is 31.3 Å². The fraction of sp³-hybridized carbons (Fsp3) is 0.300. The summed E-state index contributed by atoms with van der Waals surface area (Å²) in [5.41, 5.74) is -0.875. The number of nitrogens with zero attached hydrogens (tertiary/aromatic N) is 1. The summed E-state index contributed by atoms with van der Waals surface area (Å²) >= 11 is 0. The zero-order valence-corrected chi connectivity index (χ0v) is 23.0. The largest absolute Gasteiger partial charge is 0.478 e. The van der Waals surface area contributed by atoms with Gasteiger partial charge in [-0.1, -0.05) is 24.3 Å². The highest BCUT2D eigenvalue weighted by molar-refractivity contribution is 6.03. The average molecular weight is 595 g/mol. The van der Waals surface area contributed by atoms with E-state index in [1.807, 2.05) is 6.07 Å². The standard InChI is InChI=1S/C30H29F6N3O3/c1-18-17-19(7-16-24(18)42-28(2,3)27(40)41)5-4-6-25(38-23-14-12-22(13-15-23)30(34,35)36)39-26(37)20-8-10-21(11-9-20)29(31,32)33/h7-17H,4-6H2,1-3H3,(H,40,41)(H2,37,38,39)/p+1. The normalized spacial score (nSPS) is 12.7. The summed E-state index contributed by atoms with van der Waals surface area (Å²) in [4.78, 5) is 15.7. The molecule has 4 N–H and O–H groups in total. The number of aryl methyl sites for hydroxylation is 2. The van der Waals surface area contributed by atoms with Gasteiger partial charge in [-0.05, 0) is 75.1 Å². The molecular weight excluding hydrogens is 564 g/mol. The van der Waals surface area contributed by atoms with Crippen LogP contribution in [0.3, 0.4) is 0 Å². The molecular formula is C30H30F6N3O3+. The molecule has 0 saturated carbocycles. The minimum atomic E-state index is -4.53. The van der Waals surface area contributed by atoms with Crippen molar-refractivity contribution in [2.75, 3.05) is 0 Å². The third kappa shape index (κ3) is 8.90. The molecule has 0 radical (unpaired) electrons. The summed E-state index contributed by atoms with van der Waals surface area (Å²) in [6, 6.07) is 13.7. The first-order chi connectivity index (χ1) is 19.5. The zero-order chi connectivity index (χ0) is 31.3. The first-order valence-corrected chi connectivity index (χ1v) is 12.8. The molecule has 0 bridgehead atoms. The molecule has 3 rings (SSSR count). The number of nitrogens with two attached hydrogens (primary N) is 1. The van der Waals surface area contributed by atoms with Gasteiger partial charge in [-0.15, -0.1) is 0 Å². The number of hydrogen-bond donors (Lipinski definition) is 3. The van der Waals surface area contributed by atoms with Crippen LogP contribution in [0.2, 0.25) is 0 Å². The number of amidine groups is 2. The highest BCUT2D eigenvalue weighted by atomic mass is 19.4. The third-order valence-corrected chi connectivity index (χ3v) is 6.33. The Morgan fingerprint density at radius 3 is 1.95 bits per heavy atom. The maximum Gasteiger partial charge on any atom is 0.416 e. The molecule has 0 aliphatic carbocycles. The Kier molecular flexibility index (Phi) is 9.82. The van der Waals surface area contributed by atoms with E-state index in [0.29, 0.717) is 36.5 Å². The lowest BCUT2D eigenvalue weighted by Crippen LogP contribution is -2.82. The molecule has 12 heteroatoms. The van der Waals surface area contributed by atoms with E-state index in [2.05, 4.69) is 4.99 Å². The molecule has 0 spiro atoms. The van der Waals surface area contributed by atoms with Gasteiger partial charge in [-0.25, -0.2) is 4.79 Å². The number of benzene rings is 3. The maximum absolute atomic E-state index is 13.0. The Labute approximate surface area is 238 Å². The van der Waals surface area contributed by atoms with Crippen molar-refractivity contribution in [3.8, 4) is 5.75 Å². The zero-order valence-electron chi connectivity index (χ0n) is 23.0. The first kappa shape index (κ1) is 32.3. The van der Waals surface area contributed by atoms with Gasteiger partial charge in [0.25, 0.3) is 0 Å². The number of carboxylic acids is 1. The van der Waals surface area contributed by atoms with Crippen LogP contribution in [0.25, 0.3) is 0 Å². The molecule has 0 saturated heterocycles. The highest BCUT2D eigenvalue weighted by Crippen LogP contribution is 2.30. The lowest BCUT2D eigenvalue weighted by molar-refractivity contribution is -0.446. The number of aliphatic imine (C=N–C) groups is 1. The van der Waals surface area contributed by atoms with Crippen LogP contribution in [0.15, 0.2) is 71.7 Å². The second kappa shape index (κ2) is 12.8. The van der Waals surface area contributed by atoms with E-state index in [0.717, 1.165) is 47.5 Å². The second-order valence-corrected chi connectivity index (χ2v) is 10.2. The van der Waals surface area contributed by atoms with E-state index in [-0.39, 0.29) is 11.4 Å². The number of quaternary nitrogens is 1. The third-order valence-electron chi connectivity index (χ3n) is 6.33. The van der Waals surface area contributed by atoms with Crippen molar-refractivity contribution >= 4 is 23.3 Å². The van der Waals surface area contributed by atoms with Crippen molar-refractivity contribution < 1.29 is 46.3 Å². The van der Waals surface area contributed by atoms with Crippen molar-refractivity contribution in [2.24, 2.45) is 4.99 Å². The van der Waals surface area contributed by atoms with Crippen LogP contribution >= 0.6 is 0 Å². The fourth-order valence-electron chi connectivity index (χ4n) is 3.92. The van der Waals surface area contributed by atoms with Gasteiger partial charge in [0, 0.05) is 24.1 Å². The predicted octanol–water partition coefficient (Wildman–Crippen LogP) is 6.92. The Bertz CT molecular complexity index is 1450. The second-order valence-electron chi connectivity index (χ2n) is 10.2. The van der Waals surface area contributed by atoms with Crippen LogP contribution in [0.1, 0.15) is 54.5 Å².